The number of amides is 1. The first-order chi connectivity index (χ1) is 13.3. The van der Waals surface area contributed by atoms with Crippen LogP contribution in [0.15, 0.2) is 54.9 Å². The van der Waals surface area contributed by atoms with Crippen LogP contribution in [0, 0.1) is 0 Å². The number of anilines is 2. The first-order valence-electron chi connectivity index (χ1n) is 9.13. The maximum atomic E-state index is 12.7. The fraction of sp³-hybridized carbons (Fsp3) is 0.238. The zero-order valence-corrected chi connectivity index (χ0v) is 15.2. The Morgan fingerprint density at radius 1 is 1.19 bits per heavy atom. The van der Waals surface area contributed by atoms with Gasteiger partial charge in [-0.05, 0) is 36.8 Å². The average molecular weight is 362 g/mol. The predicted molar refractivity (Wildman–Crippen MR) is 105 cm³/mol. The van der Waals surface area contributed by atoms with Crippen LogP contribution in [0.2, 0.25) is 0 Å². The Balaban J connectivity index is 1.93. The molecule has 1 aliphatic rings. The van der Waals surface area contributed by atoms with Crippen molar-refractivity contribution in [2.75, 3.05) is 18.5 Å². The standard InChI is InChI=1S/C21H22N4O2/c1-2-27-14-17-18(15-8-10-22-11-9-15)19(24-16-6-4-3-5-7-16)20-21(26)23-12-13-25(17)20/h3-11,24H,2,12-14H2,1H3,(H,23,26). The fourth-order valence-corrected chi connectivity index (χ4v) is 3.48. The fourth-order valence-electron chi connectivity index (χ4n) is 3.48. The number of pyridine rings is 1. The molecular formula is C21H22N4O2. The summed E-state index contributed by atoms with van der Waals surface area (Å²) in [4.78, 5) is 16.9. The third-order valence-electron chi connectivity index (χ3n) is 4.66. The van der Waals surface area contributed by atoms with E-state index in [2.05, 4.69) is 20.2 Å². The molecule has 2 N–H and O–H groups in total. The van der Waals surface area contributed by atoms with Crippen LogP contribution in [0.4, 0.5) is 11.4 Å². The monoisotopic (exact) mass is 362 g/mol. The molecule has 27 heavy (non-hydrogen) atoms. The van der Waals surface area contributed by atoms with Crippen LogP contribution >= 0.6 is 0 Å². The summed E-state index contributed by atoms with van der Waals surface area (Å²) < 4.78 is 7.83. The number of nitrogens with zero attached hydrogens (tertiary/aromatic N) is 2. The molecule has 1 aliphatic heterocycles. The van der Waals surface area contributed by atoms with Crippen molar-refractivity contribution in [1.82, 2.24) is 14.9 Å². The van der Waals surface area contributed by atoms with E-state index in [0.29, 0.717) is 25.5 Å². The number of benzene rings is 1. The van der Waals surface area contributed by atoms with Gasteiger partial charge in [0.15, 0.2) is 0 Å². The van der Waals surface area contributed by atoms with E-state index in [4.69, 9.17) is 4.74 Å². The van der Waals surface area contributed by atoms with E-state index >= 15 is 0 Å². The first kappa shape index (κ1) is 17.3. The molecule has 3 aromatic rings. The van der Waals surface area contributed by atoms with Crippen LogP contribution < -0.4 is 10.6 Å². The van der Waals surface area contributed by atoms with Crippen LogP contribution in [-0.4, -0.2) is 28.6 Å². The summed E-state index contributed by atoms with van der Waals surface area (Å²) in [7, 11) is 0. The van der Waals surface area contributed by atoms with E-state index in [0.717, 1.165) is 34.7 Å². The average Bonchev–Trinajstić information content (AvgIpc) is 3.02. The minimum absolute atomic E-state index is 0.0715. The molecule has 0 spiro atoms. The molecule has 0 fully saturated rings. The van der Waals surface area contributed by atoms with E-state index in [1.807, 2.05) is 49.4 Å². The summed E-state index contributed by atoms with van der Waals surface area (Å²) in [5.74, 6) is -0.0715. The van der Waals surface area contributed by atoms with E-state index in [-0.39, 0.29) is 5.91 Å². The lowest BCUT2D eigenvalue weighted by atomic mass is 10.0. The number of carbonyl (C=O) groups is 1. The quantitative estimate of drug-likeness (QED) is 0.703. The lowest BCUT2D eigenvalue weighted by Crippen LogP contribution is -2.36. The molecule has 0 radical (unpaired) electrons. The van der Waals surface area contributed by atoms with Gasteiger partial charge in [0.2, 0.25) is 0 Å². The van der Waals surface area contributed by atoms with Gasteiger partial charge < -0.3 is 19.9 Å². The maximum absolute atomic E-state index is 12.7. The zero-order valence-electron chi connectivity index (χ0n) is 15.2. The maximum Gasteiger partial charge on any atom is 0.270 e. The number of aromatic nitrogens is 2. The van der Waals surface area contributed by atoms with Gasteiger partial charge >= 0.3 is 0 Å². The second kappa shape index (κ2) is 7.63. The van der Waals surface area contributed by atoms with Gasteiger partial charge in [0.1, 0.15) is 5.69 Å². The van der Waals surface area contributed by atoms with Crippen LogP contribution in [0.3, 0.4) is 0 Å². The molecule has 2 aromatic heterocycles. The SMILES string of the molecule is CCOCc1c(-c2ccncc2)c(Nc2ccccc2)c2n1CCNC2=O. The van der Waals surface area contributed by atoms with E-state index in [1.165, 1.54) is 0 Å². The van der Waals surface area contributed by atoms with Crippen LogP contribution in [0.25, 0.3) is 11.1 Å². The number of rotatable bonds is 6. The molecule has 0 saturated heterocycles. The molecule has 4 rings (SSSR count). The van der Waals surface area contributed by atoms with Crippen LogP contribution in [-0.2, 0) is 17.9 Å². The number of fused-ring (bicyclic) bond motifs is 1. The third kappa shape index (κ3) is 3.31. The zero-order chi connectivity index (χ0) is 18.6. The highest BCUT2D eigenvalue weighted by Gasteiger charge is 2.30. The Bertz CT molecular complexity index is 936. The van der Waals surface area contributed by atoms with Crippen molar-refractivity contribution in [3.63, 3.8) is 0 Å². The van der Waals surface area contributed by atoms with Crippen molar-refractivity contribution in [1.29, 1.82) is 0 Å². The van der Waals surface area contributed by atoms with Gasteiger partial charge in [0.05, 0.1) is 18.0 Å². The minimum Gasteiger partial charge on any atom is -0.376 e. The summed E-state index contributed by atoms with van der Waals surface area (Å²) in [5, 5.41) is 6.43. The topological polar surface area (TPSA) is 68.2 Å². The highest BCUT2D eigenvalue weighted by atomic mass is 16.5. The number of hydrogen-bond donors (Lipinski definition) is 2. The summed E-state index contributed by atoms with van der Waals surface area (Å²) in [5.41, 5.74) is 5.38. The predicted octanol–water partition coefficient (Wildman–Crippen LogP) is 3.57. The molecule has 0 bridgehead atoms. The normalized spacial score (nSPS) is 13.1. The van der Waals surface area contributed by atoms with Gasteiger partial charge in [-0.1, -0.05) is 18.2 Å². The molecule has 6 heteroatoms. The summed E-state index contributed by atoms with van der Waals surface area (Å²) >= 11 is 0. The van der Waals surface area contributed by atoms with E-state index < -0.39 is 0 Å². The molecule has 0 saturated carbocycles. The number of para-hydroxylation sites is 1. The second-order valence-corrected chi connectivity index (χ2v) is 6.32. The second-order valence-electron chi connectivity index (χ2n) is 6.32. The number of hydrogen-bond acceptors (Lipinski definition) is 4. The van der Waals surface area contributed by atoms with Crippen molar-refractivity contribution < 1.29 is 9.53 Å². The molecule has 0 atom stereocenters. The summed E-state index contributed by atoms with van der Waals surface area (Å²) in [6.07, 6.45) is 3.53. The van der Waals surface area contributed by atoms with E-state index in [9.17, 15) is 4.79 Å². The third-order valence-corrected chi connectivity index (χ3v) is 4.66. The summed E-state index contributed by atoms with van der Waals surface area (Å²) in [6.45, 7) is 4.37. The van der Waals surface area contributed by atoms with Crippen molar-refractivity contribution in [2.24, 2.45) is 0 Å². The Morgan fingerprint density at radius 2 is 1.96 bits per heavy atom. The largest absolute Gasteiger partial charge is 0.376 e. The van der Waals surface area contributed by atoms with Crippen LogP contribution in [0.1, 0.15) is 23.1 Å². The molecule has 0 unspecified atom stereocenters. The smallest absolute Gasteiger partial charge is 0.270 e. The first-order valence-corrected chi connectivity index (χ1v) is 9.13. The van der Waals surface area contributed by atoms with Gasteiger partial charge in [-0.25, -0.2) is 0 Å². The lowest BCUT2D eigenvalue weighted by molar-refractivity contribution is 0.0922. The molecule has 6 nitrogen and oxygen atoms in total. The Hall–Kier alpha value is -3.12. The molecule has 3 heterocycles. The van der Waals surface area contributed by atoms with Gasteiger partial charge in [-0.2, -0.15) is 0 Å². The van der Waals surface area contributed by atoms with Gasteiger partial charge in [0.25, 0.3) is 5.91 Å². The van der Waals surface area contributed by atoms with Crippen molar-refractivity contribution in [3.05, 3.63) is 66.2 Å². The molecule has 1 aromatic carbocycles. The van der Waals surface area contributed by atoms with Crippen LogP contribution in [0.5, 0.6) is 0 Å². The number of nitrogens with one attached hydrogen (secondary N) is 2. The molecule has 138 valence electrons. The molecule has 0 aliphatic carbocycles. The minimum atomic E-state index is -0.0715. The highest BCUT2D eigenvalue weighted by molar-refractivity contribution is 6.04. The van der Waals surface area contributed by atoms with Crippen molar-refractivity contribution in [3.8, 4) is 11.1 Å². The van der Waals surface area contributed by atoms with E-state index in [1.54, 1.807) is 12.4 Å². The molecule has 1 amide bonds. The Labute approximate surface area is 158 Å². The Morgan fingerprint density at radius 3 is 2.70 bits per heavy atom. The molecular weight excluding hydrogens is 340 g/mol. The van der Waals surface area contributed by atoms with Crippen molar-refractivity contribution in [2.45, 2.75) is 20.1 Å². The van der Waals surface area contributed by atoms with Gasteiger partial charge in [-0.15, -0.1) is 0 Å². The van der Waals surface area contributed by atoms with Gasteiger partial charge in [0, 0.05) is 43.3 Å². The Kier molecular flexibility index (Phi) is 4.89. The lowest BCUT2D eigenvalue weighted by Gasteiger charge is -2.19. The highest BCUT2D eigenvalue weighted by Crippen LogP contribution is 2.40. The number of ether oxygens (including phenoxy) is 1. The number of carbonyl (C=O) groups excluding carboxylic acids is 1. The van der Waals surface area contributed by atoms with Gasteiger partial charge in [-0.3, -0.25) is 9.78 Å². The summed E-state index contributed by atoms with van der Waals surface area (Å²) in [6, 6.07) is 13.8. The van der Waals surface area contributed by atoms with Crippen molar-refractivity contribution >= 4 is 17.3 Å².